The Balaban J connectivity index is 2.71. The Bertz CT molecular complexity index is 312. The minimum absolute atomic E-state index is 0.610. The molecule has 1 heterocycles. The molecule has 1 aromatic heterocycles. The zero-order valence-electron chi connectivity index (χ0n) is 6.55. The summed E-state index contributed by atoms with van der Waals surface area (Å²) >= 11 is 3.27. The van der Waals surface area contributed by atoms with Gasteiger partial charge in [0.2, 0.25) is 0 Å². The van der Waals surface area contributed by atoms with Gasteiger partial charge in [0.05, 0.1) is 0 Å². The lowest BCUT2D eigenvalue weighted by atomic mass is 10.2. The van der Waals surface area contributed by atoms with E-state index in [0.717, 1.165) is 16.6 Å². The number of rotatable bonds is 1. The SMILES string of the molecule is NCCC#Cc1ccnc(Br)c1. The third-order valence-corrected chi connectivity index (χ3v) is 1.66. The molecular weight excluding hydrogens is 216 g/mol. The zero-order chi connectivity index (χ0) is 8.81. The molecule has 0 aliphatic heterocycles. The second-order valence-corrected chi connectivity index (χ2v) is 3.02. The van der Waals surface area contributed by atoms with Gasteiger partial charge in [0.15, 0.2) is 0 Å². The summed E-state index contributed by atoms with van der Waals surface area (Å²) in [7, 11) is 0. The van der Waals surface area contributed by atoms with Crippen LogP contribution < -0.4 is 5.73 Å². The lowest BCUT2D eigenvalue weighted by molar-refractivity contribution is 1.03. The molecule has 0 fully saturated rings. The van der Waals surface area contributed by atoms with Gasteiger partial charge < -0.3 is 5.73 Å². The van der Waals surface area contributed by atoms with Crippen LogP contribution in [0.2, 0.25) is 0 Å². The van der Waals surface area contributed by atoms with E-state index < -0.39 is 0 Å². The predicted molar refractivity (Wildman–Crippen MR) is 52.5 cm³/mol. The van der Waals surface area contributed by atoms with E-state index in [-0.39, 0.29) is 0 Å². The number of halogens is 1. The molecule has 0 saturated carbocycles. The van der Waals surface area contributed by atoms with Crippen molar-refractivity contribution in [3.8, 4) is 11.8 Å². The highest BCUT2D eigenvalue weighted by Gasteiger charge is 1.88. The van der Waals surface area contributed by atoms with E-state index in [0.29, 0.717) is 6.54 Å². The van der Waals surface area contributed by atoms with Gasteiger partial charge in [0.25, 0.3) is 0 Å². The van der Waals surface area contributed by atoms with Crippen molar-refractivity contribution in [1.82, 2.24) is 4.98 Å². The summed E-state index contributed by atoms with van der Waals surface area (Å²) in [5.41, 5.74) is 6.26. The number of aromatic nitrogens is 1. The van der Waals surface area contributed by atoms with E-state index in [1.807, 2.05) is 12.1 Å². The van der Waals surface area contributed by atoms with Gasteiger partial charge in [0.1, 0.15) is 4.60 Å². The molecule has 0 atom stereocenters. The van der Waals surface area contributed by atoms with E-state index in [9.17, 15) is 0 Å². The second kappa shape index (κ2) is 4.91. The van der Waals surface area contributed by atoms with Crippen LogP contribution >= 0.6 is 15.9 Å². The summed E-state index contributed by atoms with van der Waals surface area (Å²) in [6.07, 6.45) is 2.45. The van der Waals surface area contributed by atoms with Gasteiger partial charge in [-0.2, -0.15) is 0 Å². The van der Waals surface area contributed by atoms with Crippen molar-refractivity contribution in [3.63, 3.8) is 0 Å². The minimum atomic E-state index is 0.610. The molecule has 1 aromatic rings. The van der Waals surface area contributed by atoms with E-state index in [1.165, 1.54) is 0 Å². The predicted octanol–water partition coefficient (Wildman–Crippen LogP) is 1.54. The van der Waals surface area contributed by atoms with E-state index in [4.69, 9.17) is 5.73 Å². The average molecular weight is 225 g/mol. The summed E-state index contributed by atoms with van der Waals surface area (Å²) in [6, 6.07) is 3.75. The van der Waals surface area contributed by atoms with Gasteiger partial charge in [0, 0.05) is 24.7 Å². The standard InChI is InChI=1S/C9H9BrN2/c10-9-7-8(4-6-12-9)3-1-2-5-11/h4,6-7H,2,5,11H2. The maximum Gasteiger partial charge on any atom is 0.107 e. The number of hydrogen-bond acceptors (Lipinski definition) is 2. The maximum atomic E-state index is 5.30. The molecule has 62 valence electrons. The Morgan fingerprint density at radius 3 is 3.08 bits per heavy atom. The molecule has 0 amide bonds. The first-order valence-electron chi connectivity index (χ1n) is 3.63. The third kappa shape index (κ3) is 3.04. The van der Waals surface area contributed by atoms with Crippen LogP contribution in [0, 0.1) is 11.8 Å². The lowest BCUT2D eigenvalue weighted by Crippen LogP contribution is -1.95. The van der Waals surface area contributed by atoms with Crippen molar-refractivity contribution in [2.24, 2.45) is 5.73 Å². The molecule has 0 bridgehead atoms. The van der Waals surface area contributed by atoms with Crippen LogP contribution in [0.5, 0.6) is 0 Å². The summed E-state index contributed by atoms with van der Waals surface area (Å²) in [6.45, 7) is 0.610. The normalized spacial score (nSPS) is 8.83. The van der Waals surface area contributed by atoms with Crippen molar-refractivity contribution in [1.29, 1.82) is 0 Å². The number of pyridine rings is 1. The lowest BCUT2D eigenvalue weighted by Gasteiger charge is -1.89. The largest absolute Gasteiger partial charge is 0.330 e. The van der Waals surface area contributed by atoms with Crippen molar-refractivity contribution in [2.75, 3.05) is 6.54 Å². The van der Waals surface area contributed by atoms with Gasteiger partial charge in [-0.25, -0.2) is 4.98 Å². The fraction of sp³-hybridized carbons (Fsp3) is 0.222. The molecule has 0 aliphatic rings. The minimum Gasteiger partial charge on any atom is -0.330 e. The van der Waals surface area contributed by atoms with Crippen molar-refractivity contribution >= 4 is 15.9 Å². The average Bonchev–Trinajstić information content (AvgIpc) is 2.05. The first-order valence-corrected chi connectivity index (χ1v) is 4.42. The van der Waals surface area contributed by atoms with Gasteiger partial charge >= 0.3 is 0 Å². The molecule has 0 aliphatic carbocycles. The Labute approximate surface area is 80.3 Å². The molecule has 0 saturated heterocycles. The Kier molecular flexibility index (Phi) is 3.78. The highest BCUT2D eigenvalue weighted by molar-refractivity contribution is 9.10. The molecule has 3 heteroatoms. The third-order valence-electron chi connectivity index (χ3n) is 1.23. The summed E-state index contributed by atoms with van der Waals surface area (Å²) in [5.74, 6) is 5.94. The molecule has 1 rings (SSSR count). The Morgan fingerprint density at radius 2 is 2.42 bits per heavy atom. The van der Waals surface area contributed by atoms with Gasteiger partial charge in [-0.1, -0.05) is 11.8 Å². The topological polar surface area (TPSA) is 38.9 Å². The summed E-state index contributed by atoms with van der Waals surface area (Å²) in [5, 5.41) is 0. The van der Waals surface area contributed by atoms with Gasteiger partial charge in [-0.05, 0) is 28.1 Å². The fourth-order valence-corrected chi connectivity index (χ4v) is 1.08. The van der Waals surface area contributed by atoms with Crippen molar-refractivity contribution < 1.29 is 0 Å². The Morgan fingerprint density at radius 1 is 1.58 bits per heavy atom. The smallest absolute Gasteiger partial charge is 0.107 e. The van der Waals surface area contributed by atoms with Crippen LogP contribution in [-0.4, -0.2) is 11.5 Å². The van der Waals surface area contributed by atoms with Crippen LogP contribution in [0.3, 0.4) is 0 Å². The number of nitrogens with two attached hydrogens (primary N) is 1. The van der Waals surface area contributed by atoms with Crippen LogP contribution in [0.4, 0.5) is 0 Å². The molecule has 0 unspecified atom stereocenters. The van der Waals surface area contributed by atoms with E-state index in [2.05, 4.69) is 32.8 Å². The molecule has 0 aromatic carbocycles. The molecule has 0 spiro atoms. The zero-order valence-corrected chi connectivity index (χ0v) is 8.13. The number of nitrogens with zero attached hydrogens (tertiary/aromatic N) is 1. The van der Waals surface area contributed by atoms with Crippen LogP contribution in [0.1, 0.15) is 12.0 Å². The van der Waals surface area contributed by atoms with Crippen LogP contribution in [0.25, 0.3) is 0 Å². The number of hydrogen-bond donors (Lipinski definition) is 1. The van der Waals surface area contributed by atoms with E-state index >= 15 is 0 Å². The van der Waals surface area contributed by atoms with Gasteiger partial charge in [-0.15, -0.1) is 0 Å². The first-order chi connectivity index (χ1) is 5.83. The van der Waals surface area contributed by atoms with Crippen molar-refractivity contribution in [2.45, 2.75) is 6.42 Å². The molecule has 2 nitrogen and oxygen atoms in total. The van der Waals surface area contributed by atoms with Crippen LogP contribution in [-0.2, 0) is 0 Å². The first kappa shape index (κ1) is 9.24. The quantitative estimate of drug-likeness (QED) is 0.581. The summed E-state index contributed by atoms with van der Waals surface area (Å²) < 4.78 is 0.807. The van der Waals surface area contributed by atoms with Gasteiger partial charge in [-0.3, -0.25) is 0 Å². The highest BCUT2D eigenvalue weighted by Crippen LogP contribution is 2.06. The second-order valence-electron chi connectivity index (χ2n) is 2.21. The molecule has 12 heavy (non-hydrogen) atoms. The van der Waals surface area contributed by atoms with E-state index in [1.54, 1.807) is 6.20 Å². The fourth-order valence-electron chi connectivity index (χ4n) is 0.717. The summed E-state index contributed by atoms with van der Waals surface area (Å²) in [4.78, 5) is 3.99. The Hall–Kier alpha value is -0.850. The highest BCUT2D eigenvalue weighted by atomic mass is 79.9. The molecular formula is C9H9BrN2. The molecule has 2 N–H and O–H groups in total. The van der Waals surface area contributed by atoms with Crippen molar-refractivity contribution in [3.05, 3.63) is 28.5 Å². The molecule has 0 radical (unpaired) electrons. The maximum absolute atomic E-state index is 5.30. The van der Waals surface area contributed by atoms with Crippen LogP contribution in [0.15, 0.2) is 22.9 Å². The monoisotopic (exact) mass is 224 g/mol.